The predicted octanol–water partition coefficient (Wildman–Crippen LogP) is 5.49. The lowest BCUT2D eigenvalue weighted by Crippen LogP contribution is -2.31. The summed E-state index contributed by atoms with van der Waals surface area (Å²) in [6, 6.07) is 19.5. The minimum absolute atomic E-state index is 0.554. The van der Waals surface area contributed by atoms with Crippen LogP contribution in [0.25, 0.3) is 0 Å². The predicted molar refractivity (Wildman–Crippen MR) is 107 cm³/mol. The van der Waals surface area contributed by atoms with E-state index in [0.717, 1.165) is 37.1 Å². The first-order valence-corrected chi connectivity index (χ1v) is 9.36. The van der Waals surface area contributed by atoms with E-state index in [9.17, 15) is 10.5 Å². The number of para-hydroxylation sites is 2. The Morgan fingerprint density at radius 3 is 1.48 bits per heavy atom. The van der Waals surface area contributed by atoms with Gasteiger partial charge in [0.05, 0.1) is 22.5 Å². The fourth-order valence-corrected chi connectivity index (χ4v) is 4.30. The van der Waals surface area contributed by atoms with E-state index in [1.807, 2.05) is 48.5 Å². The molecule has 0 N–H and O–H groups in total. The number of rotatable bonds is 2. The number of fused-ring (bicyclic) bond motifs is 2. The molecular formula is C23H20N4. The number of aliphatic imine (C=N–C) groups is 2. The van der Waals surface area contributed by atoms with E-state index in [2.05, 4.69) is 12.1 Å². The fourth-order valence-electron chi connectivity index (χ4n) is 4.30. The van der Waals surface area contributed by atoms with Crippen molar-refractivity contribution in [2.75, 3.05) is 0 Å². The van der Waals surface area contributed by atoms with Gasteiger partial charge in [-0.3, -0.25) is 9.98 Å². The molecule has 4 nitrogen and oxygen atoms in total. The van der Waals surface area contributed by atoms with E-state index in [-0.39, 0.29) is 0 Å². The Kier molecular flexibility index (Phi) is 4.81. The van der Waals surface area contributed by atoms with Gasteiger partial charge in [0.2, 0.25) is 0 Å². The molecule has 2 aromatic rings. The normalized spacial score (nSPS) is 21.1. The molecule has 132 valence electrons. The van der Waals surface area contributed by atoms with Crippen LogP contribution in [-0.2, 0) is 0 Å². The van der Waals surface area contributed by atoms with Crippen molar-refractivity contribution in [3.05, 3.63) is 59.7 Å². The molecule has 0 radical (unpaired) electrons. The van der Waals surface area contributed by atoms with Crippen molar-refractivity contribution in [2.45, 2.75) is 32.1 Å². The molecule has 4 rings (SSSR count). The second-order valence-electron chi connectivity index (χ2n) is 7.40. The fraction of sp³-hybridized carbons (Fsp3) is 0.304. The van der Waals surface area contributed by atoms with Gasteiger partial charge in [0.1, 0.15) is 12.1 Å². The lowest BCUT2D eigenvalue weighted by Gasteiger charge is -2.36. The van der Waals surface area contributed by atoms with E-state index in [1.165, 1.54) is 17.8 Å². The number of benzene rings is 2. The molecule has 0 heterocycles. The van der Waals surface area contributed by atoms with Crippen LogP contribution in [0.1, 0.15) is 43.2 Å². The Balaban J connectivity index is 1.54. The summed E-state index contributed by atoms with van der Waals surface area (Å²) in [5.74, 6) is 1.11. The number of hydrogen-bond donors (Lipinski definition) is 0. The minimum Gasteiger partial charge on any atom is -0.256 e. The van der Waals surface area contributed by atoms with Gasteiger partial charge in [0.15, 0.2) is 0 Å². The van der Waals surface area contributed by atoms with Crippen molar-refractivity contribution in [3.63, 3.8) is 0 Å². The Morgan fingerprint density at radius 1 is 0.667 bits per heavy atom. The van der Waals surface area contributed by atoms with Crippen molar-refractivity contribution in [1.82, 2.24) is 0 Å². The molecule has 2 aliphatic rings. The maximum absolute atomic E-state index is 9.27. The van der Waals surface area contributed by atoms with Gasteiger partial charge in [0, 0.05) is 11.4 Å². The van der Waals surface area contributed by atoms with E-state index in [1.54, 1.807) is 0 Å². The first-order valence-electron chi connectivity index (χ1n) is 9.36. The maximum atomic E-state index is 9.27. The molecule has 2 saturated carbocycles. The number of nitriles is 2. The Hall–Kier alpha value is -3.24. The molecule has 0 unspecified atom stereocenters. The van der Waals surface area contributed by atoms with Crippen molar-refractivity contribution >= 4 is 22.8 Å². The summed E-state index contributed by atoms with van der Waals surface area (Å²) in [5.41, 5.74) is 5.25. The van der Waals surface area contributed by atoms with Crippen LogP contribution in [0, 0.1) is 34.5 Å². The van der Waals surface area contributed by atoms with Crippen LogP contribution in [0.4, 0.5) is 11.4 Å². The summed E-state index contributed by atoms with van der Waals surface area (Å²) in [5, 5.41) is 18.5. The second-order valence-corrected chi connectivity index (χ2v) is 7.40. The molecule has 4 heteroatoms. The molecule has 0 atom stereocenters. The zero-order valence-electron chi connectivity index (χ0n) is 15.1. The van der Waals surface area contributed by atoms with Crippen molar-refractivity contribution in [2.24, 2.45) is 21.8 Å². The van der Waals surface area contributed by atoms with Gasteiger partial charge in [-0.2, -0.15) is 10.5 Å². The van der Waals surface area contributed by atoms with Crippen molar-refractivity contribution in [3.8, 4) is 12.1 Å². The molecule has 0 saturated heterocycles. The van der Waals surface area contributed by atoms with Crippen molar-refractivity contribution in [1.29, 1.82) is 10.5 Å². The Labute approximate surface area is 159 Å². The topological polar surface area (TPSA) is 72.3 Å². The van der Waals surface area contributed by atoms with E-state index in [4.69, 9.17) is 9.98 Å². The molecule has 0 aromatic heterocycles. The van der Waals surface area contributed by atoms with Gasteiger partial charge in [0.25, 0.3) is 0 Å². The van der Waals surface area contributed by atoms with Crippen molar-refractivity contribution < 1.29 is 0 Å². The largest absolute Gasteiger partial charge is 0.256 e. The van der Waals surface area contributed by atoms with Crippen LogP contribution in [0.5, 0.6) is 0 Å². The molecule has 2 fully saturated rings. The van der Waals surface area contributed by atoms with Crippen LogP contribution < -0.4 is 0 Å². The lowest BCUT2D eigenvalue weighted by atomic mass is 9.70. The summed E-state index contributed by atoms with van der Waals surface area (Å²) in [6.45, 7) is 0. The average molecular weight is 352 g/mol. The van der Waals surface area contributed by atoms with Crippen LogP contribution in [0.2, 0.25) is 0 Å². The summed E-state index contributed by atoms with van der Waals surface area (Å²) in [4.78, 5) is 9.64. The zero-order chi connectivity index (χ0) is 18.6. The second kappa shape index (κ2) is 7.56. The third-order valence-electron chi connectivity index (χ3n) is 5.37. The monoisotopic (exact) mass is 352 g/mol. The Bertz CT molecular complexity index is 906. The van der Waals surface area contributed by atoms with Crippen LogP contribution in [0.3, 0.4) is 0 Å². The first kappa shape index (κ1) is 17.2. The van der Waals surface area contributed by atoms with E-state index >= 15 is 0 Å². The van der Waals surface area contributed by atoms with Crippen LogP contribution in [0.15, 0.2) is 58.5 Å². The summed E-state index contributed by atoms with van der Waals surface area (Å²) in [7, 11) is 0. The van der Waals surface area contributed by atoms with Gasteiger partial charge < -0.3 is 0 Å². The highest BCUT2D eigenvalue weighted by molar-refractivity contribution is 5.94. The molecule has 2 aromatic carbocycles. The Morgan fingerprint density at radius 2 is 1.07 bits per heavy atom. The summed E-state index contributed by atoms with van der Waals surface area (Å²) in [6.07, 6.45) is 5.09. The maximum Gasteiger partial charge on any atom is 0.101 e. The van der Waals surface area contributed by atoms with Gasteiger partial charge in [-0.15, -0.1) is 0 Å². The zero-order valence-corrected chi connectivity index (χ0v) is 15.1. The molecule has 0 spiro atoms. The smallest absolute Gasteiger partial charge is 0.101 e. The third kappa shape index (κ3) is 3.81. The standard InChI is InChI=1S/C23H20N4/c24-14-18-5-1-3-7-22(18)26-20-10-16-9-17(11-20)13-21(12-16)27-23-8-4-2-6-19(23)15-25/h1-8,16-17H,9-13H2. The average Bonchev–Trinajstić information content (AvgIpc) is 2.68. The molecule has 0 amide bonds. The lowest BCUT2D eigenvalue weighted by molar-refractivity contribution is 0.340. The van der Waals surface area contributed by atoms with Gasteiger partial charge in [-0.1, -0.05) is 24.3 Å². The van der Waals surface area contributed by atoms with E-state index < -0.39 is 0 Å². The quantitative estimate of drug-likeness (QED) is 0.717. The molecular weight excluding hydrogens is 332 g/mol. The first-order chi connectivity index (χ1) is 13.2. The molecule has 2 bridgehead atoms. The van der Waals surface area contributed by atoms with Crippen LogP contribution >= 0.6 is 0 Å². The highest BCUT2D eigenvalue weighted by Gasteiger charge is 2.32. The van der Waals surface area contributed by atoms with Gasteiger partial charge >= 0.3 is 0 Å². The summed E-state index contributed by atoms with van der Waals surface area (Å²) < 4.78 is 0. The molecule has 27 heavy (non-hydrogen) atoms. The summed E-state index contributed by atoms with van der Waals surface area (Å²) >= 11 is 0. The SMILES string of the molecule is N#Cc1ccccc1N=C1CC2CC(=Nc3ccccc3C#N)CC(C1)C2. The van der Waals surface area contributed by atoms with E-state index in [0.29, 0.717) is 23.0 Å². The number of nitrogens with zero attached hydrogens (tertiary/aromatic N) is 4. The van der Waals surface area contributed by atoms with Gasteiger partial charge in [-0.05, 0) is 68.2 Å². The highest BCUT2D eigenvalue weighted by Crippen LogP contribution is 2.39. The molecule has 0 aliphatic heterocycles. The minimum atomic E-state index is 0.554. The number of hydrogen-bond acceptors (Lipinski definition) is 4. The molecule has 2 aliphatic carbocycles. The van der Waals surface area contributed by atoms with Gasteiger partial charge in [-0.25, -0.2) is 0 Å². The highest BCUT2D eigenvalue weighted by atomic mass is 14.8. The van der Waals surface area contributed by atoms with Crippen LogP contribution in [-0.4, -0.2) is 11.4 Å². The third-order valence-corrected chi connectivity index (χ3v) is 5.37.